The first-order valence-electron chi connectivity index (χ1n) is 6.50. The molecule has 2 rings (SSSR count). The molecule has 0 saturated heterocycles. The van der Waals surface area contributed by atoms with Gasteiger partial charge in [0, 0.05) is 12.1 Å². The number of methoxy groups -OCH3 is 1. The molecule has 0 heterocycles. The van der Waals surface area contributed by atoms with Crippen molar-refractivity contribution < 1.29 is 9.53 Å². The molecule has 0 aliphatic heterocycles. The fraction of sp³-hybridized carbons (Fsp3) is 0.500. The van der Waals surface area contributed by atoms with Crippen LogP contribution in [-0.4, -0.2) is 25.2 Å². The summed E-state index contributed by atoms with van der Waals surface area (Å²) in [6, 6.07) is 5.80. The summed E-state index contributed by atoms with van der Waals surface area (Å²) < 4.78 is 4.71. The number of nitrogens with two attached hydrogens (primary N) is 1. The highest BCUT2D eigenvalue weighted by Gasteiger charge is 2.19. The van der Waals surface area contributed by atoms with Crippen molar-refractivity contribution in [2.45, 2.75) is 37.8 Å². The van der Waals surface area contributed by atoms with Crippen LogP contribution >= 0.6 is 11.6 Å². The fourth-order valence-corrected chi connectivity index (χ4v) is 2.54. The van der Waals surface area contributed by atoms with Gasteiger partial charge >= 0.3 is 5.97 Å². The van der Waals surface area contributed by atoms with E-state index in [4.69, 9.17) is 22.1 Å². The molecule has 1 aliphatic rings. The van der Waals surface area contributed by atoms with Crippen molar-refractivity contribution in [1.82, 2.24) is 0 Å². The first-order chi connectivity index (χ1) is 9.10. The second-order valence-corrected chi connectivity index (χ2v) is 5.35. The first kappa shape index (κ1) is 14.2. The van der Waals surface area contributed by atoms with Gasteiger partial charge < -0.3 is 15.8 Å². The van der Waals surface area contributed by atoms with Crippen LogP contribution in [0.5, 0.6) is 0 Å². The number of carbonyl (C=O) groups excluding carboxylic acids is 1. The van der Waals surface area contributed by atoms with Crippen LogP contribution < -0.4 is 11.1 Å². The third-order valence-electron chi connectivity index (χ3n) is 3.52. The summed E-state index contributed by atoms with van der Waals surface area (Å²) in [5.41, 5.74) is 7.17. The zero-order chi connectivity index (χ0) is 13.8. The lowest BCUT2D eigenvalue weighted by Gasteiger charge is -2.28. The molecule has 0 amide bonds. The summed E-state index contributed by atoms with van der Waals surface area (Å²) >= 11 is 6.15. The number of benzene rings is 1. The molecule has 19 heavy (non-hydrogen) atoms. The van der Waals surface area contributed by atoms with E-state index in [0.717, 1.165) is 31.4 Å². The molecule has 0 atom stereocenters. The maximum Gasteiger partial charge on any atom is 0.337 e. The highest BCUT2D eigenvalue weighted by molar-refractivity contribution is 6.33. The average molecular weight is 283 g/mol. The van der Waals surface area contributed by atoms with Gasteiger partial charge in [-0.05, 0) is 43.9 Å². The number of hydrogen-bond acceptors (Lipinski definition) is 4. The minimum absolute atomic E-state index is 0.315. The van der Waals surface area contributed by atoms with Gasteiger partial charge in [-0.3, -0.25) is 0 Å². The molecule has 0 radical (unpaired) electrons. The van der Waals surface area contributed by atoms with Crippen molar-refractivity contribution in [2.75, 3.05) is 12.4 Å². The Kier molecular flexibility index (Phi) is 4.66. The van der Waals surface area contributed by atoms with Gasteiger partial charge in [-0.1, -0.05) is 11.6 Å². The predicted molar refractivity (Wildman–Crippen MR) is 76.6 cm³/mol. The molecular formula is C14H19ClN2O2. The van der Waals surface area contributed by atoms with Gasteiger partial charge in [-0.25, -0.2) is 4.79 Å². The average Bonchev–Trinajstić information content (AvgIpc) is 2.43. The van der Waals surface area contributed by atoms with Gasteiger partial charge in [0.1, 0.15) is 0 Å². The smallest absolute Gasteiger partial charge is 0.337 e. The highest BCUT2D eigenvalue weighted by Crippen LogP contribution is 2.27. The Hall–Kier alpha value is -1.26. The molecule has 1 aliphatic carbocycles. The molecular weight excluding hydrogens is 264 g/mol. The zero-order valence-electron chi connectivity index (χ0n) is 11.0. The van der Waals surface area contributed by atoms with Crippen LogP contribution in [0.25, 0.3) is 0 Å². The minimum atomic E-state index is -0.356. The first-order valence-corrected chi connectivity index (χ1v) is 6.88. The third-order valence-corrected chi connectivity index (χ3v) is 3.85. The number of hydrogen-bond donors (Lipinski definition) is 2. The SMILES string of the molecule is COC(=O)c1ccc(Cl)c(NC2CCC(N)CC2)c1. The van der Waals surface area contributed by atoms with E-state index in [0.29, 0.717) is 22.7 Å². The molecule has 0 bridgehead atoms. The van der Waals surface area contributed by atoms with Gasteiger partial charge in [0.15, 0.2) is 0 Å². The van der Waals surface area contributed by atoms with E-state index in [1.54, 1.807) is 18.2 Å². The van der Waals surface area contributed by atoms with Crippen molar-refractivity contribution in [3.05, 3.63) is 28.8 Å². The molecule has 4 nitrogen and oxygen atoms in total. The maximum absolute atomic E-state index is 11.5. The summed E-state index contributed by atoms with van der Waals surface area (Å²) in [7, 11) is 1.37. The summed E-state index contributed by atoms with van der Waals surface area (Å²) in [6.45, 7) is 0. The Morgan fingerprint density at radius 1 is 1.37 bits per heavy atom. The van der Waals surface area contributed by atoms with Gasteiger partial charge in [-0.15, -0.1) is 0 Å². The number of halogens is 1. The summed E-state index contributed by atoms with van der Waals surface area (Å²) in [5, 5.41) is 4.01. The normalized spacial score (nSPS) is 22.9. The van der Waals surface area contributed by atoms with E-state index in [1.165, 1.54) is 7.11 Å². The Labute approximate surface area is 118 Å². The Bertz CT molecular complexity index is 457. The molecule has 0 spiro atoms. The Balaban J connectivity index is 2.08. The number of ether oxygens (including phenoxy) is 1. The molecule has 0 aromatic heterocycles. The van der Waals surface area contributed by atoms with Crippen LogP contribution in [0.15, 0.2) is 18.2 Å². The molecule has 1 aromatic rings. The summed E-state index contributed by atoms with van der Waals surface area (Å²) in [5.74, 6) is -0.356. The third kappa shape index (κ3) is 3.61. The summed E-state index contributed by atoms with van der Waals surface area (Å²) in [4.78, 5) is 11.5. The predicted octanol–water partition coefficient (Wildman–Crippen LogP) is 2.81. The topological polar surface area (TPSA) is 64.3 Å². The van der Waals surface area contributed by atoms with Gasteiger partial charge in [0.2, 0.25) is 0 Å². The zero-order valence-corrected chi connectivity index (χ0v) is 11.7. The van der Waals surface area contributed by atoms with Crippen molar-refractivity contribution in [1.29, 1.82) is 0 Å². The number of rotatable bonds is 3. The standard InChI is InChI=1S/C14H19ClN2O2/c1-19-14(18)9-2-7-12(15)13(8-9)17-11-5-3-10(16)4-6-11/h2,7-8,10-11,17H,3-6,16H2,1H3. The van der Waals surface area contributed by atoms with Crippen molar-refractivity contribution >= 4 is 23.3 Å². The molecule has 1 aromatic carbocycles. The van der Waals surface area contributed by atoms with Crippen LogP contribution in [-0.2, 0) is 4.74 Å². The lowest BCUT2D eigenvalue weighted by Crippen LogP contribution is -2.32. The highest BCUT2D eigenvalue weighted by atomic mass is 35.5. The lowest BCUT2D eigenvalue weighted by molar-refractivity contribution is 0.0601. The number of carbonyl (C=O) groups is 1. The van der Waals surface area contributed by atoms with E-state index in [1.807, 2.05) is 0 Å². The largest absolute Gasteiger partial charge is 0.465 e. The molecule has 1 fully saturated rings. The van der Waals surface area contributed by atoms with E-state index in [2.05, 4.69) is 5.32 Å². The number of esters is 1. The molecule has 1 saturated carbocycles. The molecule has 3 N–H and O–H groups in total. The van der Waals surface area contributed by atoms with Crippen molar-refractivity contribution in [3.8, 4) is 0 Å². The van der Waals surface area contributed by atoms with Crippen LogP contribution in [0.2, 0.25) is 5.02 Å². The minimum Gasteiger partial charge on any atom is -0.465 e. The van der Waals surface area contributed by atoms with E-state index in [9.17, 15) is 4.79 Å². The van der Waals surface area contributed by atoms with Crippen LogP contribution in [0.3, 0.4) is 0 Å². The Morgan fingerprint density at radius 2 is 2.05 bits per heavy atom. The van der Waals surface area contributed by atoms with Crippen LogP contribution in [0.4, 0.5) is 5.69 Å². The lowest BCUT2D eigenvalue weighted by atomic mass is 9.91. The quantitative estimate of drug-likeness (QED) is 0.837. The monoisotopic (exact) mass is 282 g/mol. The maximum atomic E-state index is 11.5. The van der Waals surface area contributed by atoms with Gasteiger partial charge in [0.25, 0.3) is 0 Å². The van der Waals surface area contributed by atoms with Crippen LogP contribution in [0, 0.1) is 0 Å². The van der Waals surface area contributed by atoms with Crippen LogP contribution in [0.1, 0.15) is 36.0 Å². The van der Waals surface area contributed by atoms with E-state index >= 15 is 0 Å². The fourth-order valence-electron chi connectivity index (χ4n) is 2.36. The second kappa shape index (κ2) is 6.26. The number of anilines is 1. The Morgan fingerprint density at radius 3 is 2.68 bits per heavy atom. The van der Waals surface area contributed by atoms with Gasteiger partial charge in [0.05, 0.1) is 23.4 Å². The summed E-state index contributed by atoms with van der Waals surface area (Å²) in [6.07, 6.45) is 4.10. The second-order valence-electron chi connectivity index (χ2n) is 4.94. The van der Waals surface area contributed by atoms with E-state index < -0.39 is 0 Å². The molecule has 104 valence electrons. The molecule has 5 heteroatoms. The van der Waals surface area contributed by atoms with Crippen molar-refractivity contribution in [3.63, 3.8) is 0 Å². The van der Waals surface area contributed by atoms with E-state index in [-0.39, 0.29) is 5.97 Å². The van der Waals surface area contributed by atoms with Crippen molar-refractivity contribution in [2.24, 2.45) is 5.73 Å². The number of nitrogens with one attached hydrogen (secondary N) is 1. The van der Waals surface area contributed by atoms with Gasteiger partial charge in [-0.2, -0.15) is 0 Å². The molecule has 0 unspecified atom stereocenters.